The van der Waals surface area contributed by atoms with Gasteiger partial charge in [-0.05, 0) is 49.1 Å². The zero-order valence-electron chi connectivity index (χ0n) is 9.50. The van der Waals surface area contributed by atoms with Crippen LogP contribution in [0, 0.1) is 5.82 Å². The molecule has 0 spiro atoms. The van der Waals surface area contributed by atoms with Gasteiger partial charge in [0.2, 0.25) is 0 Å². The van der Waals surface area contributed by atoms with Crippen LogP contribution in [0.5, 0.6) is 0 Å². The van der Waals surface area contributed by atoms with E-state index in [1.807, 2.05) is 12.3 Å². The molecule has 3 rings (SSSR count). The summed E-state index contributed by atoms with van der Waals surface area (Å²) >= 11 is 0. The quantitative estimate of drug-likeness (QED) is 0.804. The molecule has 1 aromatic carbocycles. The number of H-pyrrole nitrogens is 1. The van der Waals surface area contributed by atoms with Crippen molar-refractivity contribution >= 4 is 23.3 Å². The first-order valence-corrected chi connectivity index (χ1v) is 5.82. The lowest BCUT2D eigenvalue weighted by atomic mass is 9.91. The third-order valence-corrected chi connectivity index (χ3v) is 3.41. The number of rotatable bonds is 1. The third kappa shape index (κ3) is 2.31. The fourth-order valence-corrected chi connectivity index (χ4v) is 2.57. The predicted molar refractivity (Wildman–Crippen MR) is 70.3 cm³/mol. The first-order chi connectivity index (χ1) is 7.84. The standard InChI is InChI=1S/C13H15FN2.ClH/c14-10-3-4-13-11(6-10)12(8-16-13)9-2-1-5-15-7-9;/h3-4,6,8-9,15-16H,1-2,5,7H2;1H. The number of aromatic amines is 1. The second kappa shape index (κ2) is 5.07. The van der Waals surface area contributed by atoms with Crippen LogP contribution in [0.15, 0.2) is 24.4 Å². The maximum absolute atomic E-state index is 13.2. The van der Waals surface area contributed by atoms with E-state index in [-0.39, 0.29) is 18.2 Å². The maximum Gasteiger partial charge on any atom is 0.123 e. The highest BCUT2D eigenvalue weighted by Crippen LogP contribution is 2.30. The van der Waals surface area contributed by atoms with Crippen molar-refractivity contribution in [2.75, 3.05) is 13.1 Å². The highest BCUT2D eigenvalue weighted by molar-refractivity contribution is 5.85. The van der Waals surface area contributed by atoms with Crippen LogP contribution in [0.4, 0.5) is 4.39 Å². The zero-order chi connectivity index (χ0) is 11.0. The van der Waals surface area contributed by atoms with E-state index >= 15 is 0 Å². The third-order valence-electron chi connectivity index (χ3n) is 3.41. The fourth-order valence-electron chi connectivity index (χ4n) is 2.57. The molecule has 92 valence electrons. The highest BCUT2D eigenvalue weighted by atomic mass is 35.5. The van der Waals surface area contributed by atoms with Gasteiger partial charge in [0.25, 0.3) is 0 Å². The van der Waals surface area contributed by atoms with Gasteiger partial charge in [-0.25, -0.2) is 4.39 Å². The van der Waals surface area contributed by atoms with Crippen LogP contribution in [0.1, 0.15) is 24.3 Å². The number of nitrogens with one attached hydrogen (secondary N) is 2. The summed E-state index contributed by atoms with van der Waals surface area (Å²) in [6.07, 6.45) is 4.42. The lowest BCUT2D eigenvalue weighted by Crippen LogP contribution is -2.28. The molecule has 1 fully saturated rings. The van der Waals surface area contributed by atoms with Gasteiger partial charge in [0.15, 0.2) is 0 Å². The van der Waals surface area contributed by atoms with Gasteiger partial charge in [0, 0.05) is 23.6 Å². The van der Waals surface area contributed by atoms with E-state index in [4.69, 9.17) is 0 Å². The van der Waals surface area contributed by atoms with Crippen molar-refractivity contribution in [1.82, 2.24) is 10.3 Å². The Balaban J connectivity index is 0.00000108. The van der Waals surface area contributed by atoms with Crippen LogP contribution >= 0.6 is 12.4 Å². The van der Waals surface area contributed by atoms with Gasteiger partial charge in [-0.3, -0.25) is 0 Å². The summed E-state index contributed by atoms with van der Waals surface area (Å²) in [6, 6.07) is 4.95. The molecule has 1 saturated heterocycles. The minimum absolute atomic E-state index is 0. The second-order valence-electron chi connectivity index (χ2n) is 4.48. The van der Waals surface area contributed by atoms with Crippen molar-refractivity contribution in [2.45, 2.75) is 18.8 Å². The molecule has 1 unspecified atom stereocenters. The lowest BCUT2D eigenvalue weighted by molar-refractivity contribution is 0.463. The number of piperidine rings is 1. The van der Waals surface area contributed by atoms with E-state index in [1.165, 1.54) is 24.5 Å². The second-order valence-corrected chi connectivity index (χ2v) is 4.48. The fraction of sp³-hybridized carbons (Fsp3) is 0.385. The van der Waals surface area contributed by atoms with Crippen molar-refractivity contribution in [3.63, 3.8) is 0 Å². The van der Waals surface area contributed by atoms with E-state index in [9.17, 15) is 4.39 Å². The smallest absolute Gasteiger partial charge is 0.123 e. The molecule has 1 aromatic heterocycles. The molecule has 2 nitrogen and oxygen atoms in total. The van der Waals surface area contributed by atoms with Crippen LogP contribution in [-0.4, -0.2) is 18.1 Å². The van der Waals surface area contributed by atoms with E-state index in [2.05, 4.69) is 10.3 Å². The Kier molecular flexibility index (Phi) is 3.69. The van der Waals surface area contributed by atoms with Gasteiger partial charge < -0.3 is 10.3 Å². The van der Waals surface area contributed by atoms with Crippen LogP contribution in [-0.2, 0) is 0 Å². The van der Waals surface area contributed by atoms with E-state index < -0.39 is 0 Å². The number of halogens is 2. The molecule has 0 radical (unpaired) electrons. The lowest BCUT2D eigenvalue weighted by Gasteiger charge is -2.22. The Bertz CT molecular complexity index is 503. The maximum atomic E-state index is 13.2. The van der Waals surface area contributed by atoms with Crippen molar-refractivity contribution in [2.24, 2.45) is 0 Å². The molecule has 2 heterocycles. The largest absolute Gasteiger partial charge is 0.361 e. The molecule has 4 heteroatoms. The summed E-state index contributed by atoms with van der Waals surface area (Å²) in [6.45, 7) is 2.11. The molecule has 2 N–H and O–H groups in total. The van der Waals surface area contributed by atoms with Gasteiger partial charge in [0.1, 0.15) is 5.82 Å². The molecule has 2 aromatic rings. The van der Waals surface area contributed by atoms with Gasteiger partial charge in [-0.1, -0.05) is 0 Å². The summed E-state index contributed by atoms with van der Waals surface area (Å²) in [5, 5.41) is 4.43. The Morgan fingerprint density at radius 1 is 1.29 bits per heavy atom. The normalized spacial score (nSPS) is 20.2. The van der Waals surface area contributed by atoms with Crippen LogP contribution in [0.2, 0.25) is 0 Å². The molecule has 1 aliphatic rings. The summed E-state index contributed by atoms with van der Waals surface area (Å²) in [5.41, 5.74) is 2.28. The number of benzene rings is 1. The first kappa shape index (κ1) is 12.4. The summed E-state index contributed by atoms with van der Waals surface area (Å²) in [5.74, 6) is 0.362. The minimum Gasteiger partial charge on any atom is -0.361 e. The van der Waals surface area contributed by atoms with E-state index in [0.717, 1.165) is 24.0 Å². The summed E-state index contributed by atoms with van der Waals surface area (Å²) in [4.78, 5) is 3.22. The Morgan fingerprint density at radius 3 is 2.94 bits per heavy atom. The molecule has 1 atom stereocenters. The number of hydrogen-bond acceptors (Lipinski definition) is 1. The van der Waals surface area contributed by atoms with Crippen molar-refractivity contribution < 1.29 is 4.39 Å². The number of fused-ring (bicyclic) bond motifs is 1. The predicted octanol–water partition coefficient (Wildman–Crippen LogP) is 3.20. The zero-order valence-corrected chi connectivity index (χ0v) is 10.3. The molecular weight excluding hydrogens is 239 g/mol. The number of hydrogen-bond donors (Lipinski definition) is 2. The Hall–Kier alpha value is -1.06. The van der Waals surface area contributed by atoms with Gasteiger partial charge in [-0.2, -0.15) is 0 Å². The average molecular weight is 255 g/mol. The minimum atomic E-state index is -0.155. The summed E-state index contributed by atoms with van der Waals surface area (Å²) in [7, 11) is 0. The van der Waals surface area contributed by atoms with Crippen molar-refractivity contribution in [1.29, 1.82) is 0 Å². The average Bonchev–Trinajstić information content (AvgIpc) is 2.73. The van der Waals surface area contributed by atoms with Crippen LogP contribution < -0.4 is 5.32 Å². The Labute approximate surface area is 106 Å². The SMILES string of the molecule is Cl.Fc1ccc2[nH]cc(C3CCCNC3)c2c1. The molecule has 17 heavy (non-hydrogen) atoms. The van der Waals surface area contributed by atoms with Crippen molar-refractivity contribution in [3.05, 3.63) is 35.8 Å². The van der Waals surface area contributed by atoms with E-state index in [1.54, 1.807) is 6.07 Å². The molecule has 1 aliphatic heterocycles. The molecule has 0 amide bonds. The Morgan fingerprint density at radius 2 is 2.18 bits per heavy atom. The molecular formula is C13H16ClFN2. The number of aromatic nitrogens is 1. The van der Waals surface area contributed by atoms with Crippen LogP contribution in [0.25, 0.3) is 10.9 Å². The van der Waals surface area contributed by atoms with Crippen LogP contribution in [0.3, 0.4) is 0 Å². The van der Waals surface area contributed by atoms with Crippen molar-refractivity contribution in [3.8, 4) is 0 Å². The topological polar surface area (TPSA) is 27.8 Å². The molecule has 0 saturated carbocycles. The summed E-state index contributed by atoms with van der Waals surface area (Å²) < 4.78 is 13.2. The molecule has 0 aliphatic carbocycles. The van der Waals surface area contributed by atoms with Gasteiger partial charge in [-0.15, -0.1) is 12.4 Å². The highest BCUT2D eigenvalue weighted by Gasteiger charge is 2.18. The van der Waals surface area contributed by atoms with Gasteiger partial charge in [0.05, 0.1) is 0 Å². The molecule has 0 bridgehead atoms. The van der Waals surface area contributed by atoms with Gasteiger partial charge >= 0.3 is 0 Å². The van der Waals surface area contributed by atoms with E-state index in [0.29, 0.717) is 5.92 Å². The first-order valence-electron chi connectivity index (χ1n) is 5.82. The monoisotopic (exact) mass is 254 g/mol.